The number of carboxylic acids is 1. The van der Waals surface area contributed by atoms with Crippen LogP contribution in [0.5, 0.6) is 0 Å². The van der Waals surface area contributed by atoms with Gasteiger partial charge in [-0.15, -0.1) is 5.10 Å². The van der Waals surface area contributed by atoms with Gasteiger partial charge in [0.1, 0.15) is 0 Å². The minimum atomic E-state index is -1.23. The Labute approximate surface area is 136 Å². The third-order valence-corrected chi connectivity index (χ3v) is 3.57. The summed E-state index contributed by atoms with van der Waals surface area (Å²) in [5, 5.41) is 19.9. The molecule has 0 spiro atoms. The molecule has 2 N–H and O–H groups in total. The highest BCUT2D eigenvalue weighted by Crippen LogP contribution is 2.17. The molecule has 10 heteroatoms. The molecule has 0 aliphatic heterocycles. The molecule has 0 saturated heterocycles. The molecule has 0 aliphatic carbocycles. The van der Waals surface area contributed by atoms with E-state index in [0.717, 1.165) is 5.69 Å². The highest BCUT2D eigenvalue weighted by atomic mass is 16.4. The number of aryl methyl sites for hydroxylation is 1. The summed E-state index contributed by atoms with van der Waals surface area (Å²) in [6.07, 6.45) is 4.38. The lowest BCUT2D eigenvalue weighted by atomic mass is 10.1. The van der Waals surface area contributed by atoms with Gasteiger partial charge in [-0.05, 0) is 26.8 Å². The van der Waals surface area contributed by atoms with Crippen molar-refractivity contribution in [1.82, 2.24) is 29.4 Å². The second kappa shape index (κ2) is 5.41. The molecule has 0 radical (unpaired) electrons. The van der Waals surface area contributed by atoms with Gasteiger partial charge in [0.2, 0.25) is 5.82 Å². The van der Waals surface area contributed by atoms with E-state index in [9.17, 15) is 14.7 Å². The summed E-state index contributed by atoms with van der Waals surface area (Å²) in [6.45, 7) is 4.83. The number of nitrogens with one attached hydrogen (secondary N) is 1. The van der Waals surface area contributed by atoms with E-state index in [-0.39, 0.29) is 5.82 Å². The van der Waals surface area contributed by atoms with Gasteiger partial charge in [0.25, 0.3) is 11.7 Å². The van der Waals surface area contributed by atoms with Crippen molar-refractivity contribution in [1.29, 1.82) is 0 Å². The summed E-state index contributed by atoms with van der Waals surface area (Å²) in [5.74, 6) is -1.29. The van der Waals surface area contributed by atoms with Crippen LogP contribution in [-0.2, 0) is 10.3 Å². The molecule has 0 fully saturated rings. The fraction of sp³-hybridized carbons (Fsp3) is 0.286. The smallest absolute Gasteiger partial charge is 0.331 e. The van der Waals surface area contributed by atoms with E-state index in [1.54, 1.807) is 12.3 Å². The number of fused-ring (bicyclic) bond motifs is 1. The van der Waals surface area contributed by atoms with Crippen molar-refractivity contribution in [3.05, 3.63) is 36.2 Å². The van der Waals surface area contributed by atoms with Crippen LogP contribution < -0.4 is 5.32 Å². The van der Waals surface area contributed by atoms with Gasteiger partial charge in [0, 0.05) is 18.1 Å². The summed E-state index contributed by atoms with van der Waals surface area (Å²) in [6, 6.07) is 1.75. The van der Waals surface area contributed by atoms with E-state index in [2.05, 4.69) is 25.5 Å². The number of hydrogen-bond acceptors (Lipinski definition) is 6. The van der Waals surface area contributed by atoms with Crippen LogP contribution >= 0.6 is 0 Å². The largest absolute Gasteiger partial charge is 0.479 e. The Hall–Kier alpha value is -3.30. The van der Waals surface area contributed by atoms with Gasteiger partial charge in [-0.2, -0.15) is 10.1 Å². The van der Waals surface area contributed by atoms with Crippen molar-refractivity contribution in [3.8, 4) is 0 Å². The van der Waals surface area contributed by atoms with Gasteiger partial charge in [0.15, 0.2) is 5.54 Å². The Bertz CT molecular complexity index is 941. The minimum absolute atomic E-state index is 0.0398. The highest BCUT2D eigenvalue weighted by molar-refractivity contribution is 6.01. The van der Waals surface area contributed by atoms with Gasteiger partial charge < -0.3 is 10.4 Å². The van der Waals surface area contributed by atoms with Gasteiger partial charge in [-0.25, -0.2) is 14.3 Å². The molecule has 1 amide bonds. The summed E-state index contributed by atoms with van der Waals surface area (Å²) in [4.78, 5) is 31.6. The normalized spacial score (nSPS) is 11.6. The molecule has 3 rings (SSSR count). The predicted molar refractivity (Wildman–Crippen MR) is 82.7 cm³/mol. The molecule has 0 unspecified atom stereocenters. The number of aliphatic carboxylic acids is 1. The van der Waals surface area contributed by atoms with Gasteiger partial charge in [-0.1, -0.05) is 0 Å². The third-order valence-electron chi connectivity index (χ3n) is 3.57. The molecule has 124 valence electrons. The van der Waals surface area contributed by atoms with Crippen LogP contribution in [-0.4, -0.2) is 46.3 Å². The first-order valence-electron chi connectivity index (χ1n) is 7.07. The maximum absolute atomic E-state index is 12.3. The molecule has 3 heterocycles. The van der Waals surface area contributed by atoms with Crippen molar-refractivity contribution >= 4 is 23.3 Å². The lowest BCUT2D eigenvalue weighted by molar-refractivity contribution is -0.146. The lowest BCUT2D eigenvalue weighted by Gasteiger charge is -2.19. The van der Waals surface area contributed by atoms with E-state index < -0.39 is 17.4 Å². The number of nitrogens with zero attached hydrogens (tertiary/aromatic N) is 6. The summed E-state index contributed by atoms with van der Waals surface area (Å²) in [7, 11) is 0. The van der Waals surface area contributed by atoms with Crippen LogP contribution in [0.15, 0.2) is 24.7 Å². The number of hydrogen-bond donors (Lipinski definition) is 2. The average Bonchev–Trinajstić information content (AvgIpc) is 3.14. The molecule has 0 saturated carbocycles. The summed E-state index contributed by atoms with van der Waals surface area (Å²) in [5.41, 5.74) is -0.0915. The SMILES string of the molecule is Cc1ccnc2nc(C(=O)Nc3cnn(C(C)(C)C(=O)O)c3)nn12. The third kappa shape index (κ3) is 2.57. The number of rotatable bonds is 4. The molecule has 0 aromatic carbocycles. The lowest BCUT2D eigenvalue weighted by Crippen LogP contribution is -2.35. The van der Waals surface area contributed by atoms with E-state index >= 15 is 0 Å². The topological polar surface area (TPSA) is 127 Å². The molecule has 3 aromatic rings. The van der Waals surface area contributed by atoms with Crippen LogP contribution in [0.25, 0.3) is 5.78 Å². The molecule has 10 nitrogen and oxygen atoms in total. The van der Waals surface area contributed by atoms with Crippen LogP contribution in [0.2, 0.25) is 0 Å². The average molecular weight is 329 g/mol. The van der Waals surface area contributed by atoms with Crippen molar-refractivity contribution in [3.63, 3.8) is 0 Å². The highest BCUT2D eigenvalue weighted by Gasteiger charge is 2.30. The Morgan fingerprint density at radius 2 is 2.08 bits per heavy atom. The van der Waals surface area contributed by atoms with E-state index in [1.807, 2.05) is 6.92 Å². The van der Waals surface area contributed by atoms with Crippen molar-refractivity contribution in [2.24, 2.45) is 0 Å². The Balaban J connectivity index is 1.83. The van der Waals surface area contributed by atoms with Crippen LogP contribution in [0.4, 0.5) is 5.69 Å². The summed E-state index contributed by atoms with van der Waals surface area (Å²) >= 11 is 0. The molecule has 3 aromatic heterocycles. The summed E-state index contributed by atoms with van der Waals surface area (Å²) < 4.78 is 2.72. The van der Waals surface area contributed by atoms with E-state index in [0.29, 0.717) is 11.5 Å². The molecule has 24 heavy (non-hydrogen) atoms. The number of amides is 1. The van der Waals surface area contributed by atoms with Crippen LogP contribution in [0.1, 0.15) is 30.2 Å². The number of carbonyl (C=O) groups excluding carboxylic acids is 1. The molecule has 0 aliphatic rings. The van der Waals surface area contributed by atoms with Crippen LogP contribution in [0.3, 0.4) is 0 Å². The predicted octanol–water partition coefficient (Wildman–Crippen LogP) is 0.701. The second-order valence-electron chi connectivity index (χ2n) is 5.73. The molecule has 0 atom stereocenters. The monoisotopic (exact) mass is 329 g/mol. The fourth-order valence-electron chi connectivity index (χ4n) is 1.98. The first kappa shape index (κ1) is 15.6. The maximum atomic E-state index is 12.3. The maximum Gasteiger partial charge on any atom is 0.331 e. The molecular weight excluding hydrogens is 314 g/mol. The standard InChI is InChI=1S/C14H15N7O3/c1-8-4-5-15-13-18-10(19-21(8)13)11(22)17-9-6-16-20(7-9)14(2,3)12(23)24/h4-7H,1-3H3,(H,17,22)(H,23,24). The zero-order chi connectivity index (χ0) is 17.5. The van der Waals surface area contributed by atoms with E-state index in [1.165, 1.54) is 35.4 Å². The molecule has 0 bridgehead atoms. The van der Waals surface area contributed by atoms with E-state index in [4.69, 9.17) is 0 Å². The zero-order valence-corrected chi connectivity index (χ0v) is 13.3. The van der Waals surface area contributed by atoms with Crippen LogP contribution in [0, 0.1) is 6.92 Å². The van der Waals surface area contributed by atoms with Crippen molar-refractivity contribution in [2.75, 3.05) is 5.32 Å². The zero-order valence-electron chi connectivity index (χ0n) is 13.3. The van der Waals surface area contributed by atoms with Crippen molar-refractivity contribution in [2.45, 2.75) is 26.3 Å². The first-order valence-corrected chi connectivity index (χ1v) is 7.07. The minimum Gasteiger partial charge on any atom is -0.479 e. The number of carboxylic acid groups (broad SMARTS) is 1. The Morgan fingerprint density at radius 3 is 2.75 bits per heavy atom. The molecular formula is C14H15N7O3. The van der Waals surface area contributed by atoms with Gasteiger partial charge in [0.05, 0.1) is 11.9 Å². The Kier molecular flexibility index (Phi) is 3.51. The quantitative estimate of drug-likeness (QED) is 0.721. The fourth-order valence-corrected chi connectivity index (χ4v) is 1.98. The number of anilines is 1. The van der Waals surface area contributed by atoms with Crippen molar-refractivity contribution < 1.29 is 14.7 Å². The number of carbonyl (C=O) groups is 2. The Morgan fingerprint density at radius 1 is 1.33 bits per heavy atom. The second-order valence-corrected chi connectivity index (χ2v) is 5.73. The first-order chi connectivity index (χ1) is 11.3. The van der Waals surface area contributed by atoms with Gasteiger partial charge in [-0.3, -0.25) is 9.48 Å². The van der Waals surface area contributed by atoms with Gasteiger partial charge >= 0.3 is 5.97 Å². The number of aromatic nitrogens is 6.